The van der Waals surface area contributed by atoms with E-state index in [0.717, 1.165) is 44.4 Å². The van der Waals surface area contributed by atoms with E-state index in [0.29, 0.717) is 42.4 Å². The quantitative estimate of drug-likeness (QED) is 0.249. The lowest BCUT2D eigenvalue weighted by Crippen LogP contribution is -2.51. The molecular formula is C31H48FN3O3. The van der Waals surface area contributed by atoms with Crippen LogP contribution in [0, 0.1) is 39.9 Å². The van der Waals surface area contributed by atoms with E-state index >= 15 is 0 Å². The summed E-state index contributed by atoms with van der Waals surface area (Å²) in [6, 6.07) is 0.147. The van der Waals surface area contributed by atoms with E-state index in [1.807, 2.05) is 13.0 Å². The Kier molecular flexibility index (Phi) is 7.56. The van der Waals surface area contributed by atoms with Gasteiger partial charge in [-0.15, -0.1) is 0 Å². The molecule has 4 aliphatic carbocycles. The topological polar surface area (TPSA) is 71.0 Å². The Bertz CT molecular complexity index is 1010. The van der Waals surface area contributed by atoms with Crippen LogP contribution in [0.1, 0.15) is 92.4 Å². The smallest absolute Gasteiger partial charge is 0.312 e. The molecule has 3 saturated carbocycles. The molecule has 5 rings (SSSR count). The number of alkyl halides is 1. The number of nitrogens with zero attached hydrogens (tertiary/aromatic N) is 2. The van der Waals surface area contributed by atoms with Gasteiger partial charge in [-0.25, -0.2) is 9.18 Å². The van der Waals surface area contributed by atoms with Gasteiger partial charge in [0.25, 0.3) is 0 Å². The van der Waals surface area contributed by atoms with Crippen molar-refractivity contribution in [2.45, 2.75) is 98.4 Å². The highest BCUT2D eigenvalue weighted by molar-refractivity contribution is 5.91. The Morgan fingerprint density at radius 3 is 2.63 bits per heavy atom. The summed E-state index contributed by atoms with van der Waals surface area (Å²) in [6.45, 7) is 12.0. The second-order valence-electron chi connectivity index (χ2n) is 14.3. The lowest BCUT2D eigenvalue weighted by atomic mass is 9.46. The van der Waals surface area contributed by atoms with Crippen molar-refractivity contribution in [3.05, 3.63) is 11.6 Å². The maximum atomic E-state index is 13.3. The van der Waals surface area contributed by atoms with Crippen molar-refractivity contribution in [2.75, 3.05) is 26.3 Å². The first-order valence-corrected chi connectivity index (χ1v) is 15.0. The first kappa shape index (κ1) is 27.8. The van der Waals surface area contributed by atoms with Crippen LogP contribution in [0.4, 0.5) is 9.18 Å². The largest absolute Gasteiger partial charge is 0.436 e. The lowest BCUT2D eigenvalue weighted by molar-refractivity contribution is -0.117. The lowest BCUT2D eigenvalue weighted by Gasteiger charge is -2.58. The summed E-state index contributed by atoms with van der Waals surface area (Å²) in [5.74, 6) is 2.60. The molecule has 1 amide bonds. The minimum Gasteiger partial charge on any atom is -0.312 e. The molecule has 0 radical (unpaired) electrons. The van der Waals surface area contributed by atoms with Crippen LogP contribution in [0.2, 0.25) is 0 Å². The molecule has 0 aromatic rings. The van der Waals surface area contributed by atoms with Crippen LogP contribution < -0.4 is 5.32 Å². The number of oxime groups is 1. The zero-order valence-corrected chi connectivity index (χ0v) is 24.2. The first-order valence-electron chi connectivity index (χ1n) is 15.0. The first-order chi connectivity index (χ1) is 18.0. The Morgan fingerprint density at radius 2 is 1.92 bits per heavy atom. The fourth-order valence-electron chi connectivity index (χ4n) is 9.46. The van der Waals surface area contributed by atoms with Gasteiger partial charge in [0.2, 0.25) is 0 Å². The van der Waals surface area contributed by atoms with Gasteiger partial charge in [0, 0.05) is 31.5 Å². The van der Waals surface area contributed by atoms with Gasteiger partial charge in [0.05, 0.1) is 12.3 Å². The van der Waals surface area contributed by atoms with Crippen molar-refractivity contribution in [3.8, 4) is 0 Å². The van der Waals surface area contributed by atoms with Gasteiger partial charge in [-0.3, -0.25) is 9.63 Å². The Labute approximate surface area is 228 Å². The van der Waals surface area contributed by atoms with E-state index in [-0.39, 0.29) is 28.8 Å². The molecule has 0 spiro atoms. The summed E-state index contributed by atoms with van der Waals surface area (Å²) in [5.41, 5.74) is 2.82. The molecule has 0 bridgehead atoms. The van der Waals surface area contributed by atoms with Crippen molar-refractivity contribution >= 4 is 17.6 Å². The molecule has 1 N–H and O–H groups in total. The number of halogens is 1. The zero-order valence-electron chi connectivity index (χ0n) is 24.2. The van der Waals surface area contributed by atoms with Crippen LogP contribution in [0.3, 0.4) is 0 Å². The van der Waals surface area contributed by atoms with E-state index in [1.54, 1.807) is 0 Å². The van der Waals surface area contributed by atoms with E-state index < -0.39 is 12.8 Å². The fraction of sp³-hybridized carbons (Fsp3) is 0.839. The maximum Gasteiger partial charge on any atom is 0.436 e. The molecule has 1 aliphatic heterocycles. The molecule has 212 valence electrons. The highest BCUT2D eigenvalue weighted by Gasteiger charge is 2.59. The SMILES string of the molecule is C/C(=N\OC(=O)N(CCF)CC1CC(C)(C)CN1)[C@H]1CC[C@H]2[C@@H]3CCC4=CC(=O)CC[C@]4(C)[C@H]3CC[C@]12C. The molecule has 5 aliphatic rings. The maximum absolute atomic E-state index is 13.3. The Balaban J connectivity index is 1.24. The average molecular weight is 530 g/mol. The van der Waals surface area contributed by atoms with Crippen molar-refractivity contribution in [1.29, 1.82) is 0 Å². The third-order valence-corrected chi connectivity index (χ3v) is 11.5. The van der Waals surface area contributed by atoms with Crippen LogP contribution in [0.15, 0.2) is 16.8 Å². The van der Waals surface area contributed by atoms with Crippen LogP contribution in [-0.2, 0) is 9.63 Å². The van der Waals surface area contributed by atoms with Gasteiger partial charge in [-0.05, 0) is 98.4 Å². The molecule has 0 aromatic heterocycles. The van der Waals surface area contributed by atoms with Crippen LogP contribution in [0.5, 0.6) is 0 Å². The second kappa shape index (κ2) is 10.3. The molecule has 0 aromatic carbocycles. The summed E-state index contributed by atoms with van der Waals surface area (Å²) in [4.78, 5) is 32.0. The zero-order chi connectivity index (χ0) is 27.3. The number of hydrogen-bond acceptors (Lipinski definition) is 5. The predicted molar refractivity (Wildman–Crippen MR) is 148 cm³/mol. The van der Waals surface area contributed by atoms with E-state index in [1.165, 1.54) is 29.7 Å². The van der Waals surface area contributed by atoms with Gasteiger partial charge in [0.15, 0.2) is 5.78 Å². The number of nitrogens with one attached hydrogen (secondary N) is 1. The molecule has 7 heteroatoms. The molecule has 38 heavy (non-hydrogen) atoms. The summed E-state index contributed by atoms with van der Waals surface area (Å²) < 4.78 is 13.3. The van der Waals surface area contributed by atoms with Crippen LogP contribution in [0.25, 0.3) is 0 Å². The number of ketones is 1. The highest BCUT2D eigenvalue weighted by atomic mass is 19.1. The second-order valence-corrected chi connectivity index (χ2v) is 14.3. The van der Waals surface area contributed by atoms with Gasteiger partial charge in [0.1, 0.15) is 6.67 Å². The summed E-state index contributed by atoms with van der Waals surface area (Å²) in [6.07, 6.45) is 10.9. The summed E-state index contributed by atoms with van der Waals surface area (Å²) >= 11 is 0. The standard InChI is InChI=1S/C31H48FN3O3/c1-20(34-38-28(37)35(15-14-32)18-22-17-29(2,3)19-33-22)25-8-9-26-24-7-6-21-16-23(36)10-12-30(21,4)27(24)11-13-31(25,26)5/h16,22,24-27,33H,6-15,17-19H2,1-5H3/b34-20+/t22?,24-,25+,26-,27-,30-,31+/m0/s1. The third-order valence-electron chi connectivity index (χ3n) is 11.5. The Morgan fingerprint density at radius 1 is 1.13 bits per heavy atom. The molecule has 6 nitrogen and oxygen atoms in total. The van der Waals surface area contributed by atoms with Crippen molar-refractivity contribution < 1.29 is 18.8 Å². The normalized spacial score (nSPS) is 40.2. The number of rotatable bonds is 6. The minimum atomic E-state index is -0.594. The van der Waals surface area contributed by atoms with Crippen LogP contribution >= 0.6 is 0 Å². The summed E-state index contributed by atoms with van der Waals surface area (Å²) in [5, 5.41) is 7.83. The Hall–Kier alpha value is -1.76. The third kappa shape index (κ3) is 4.97. The molecular weight excluding hydrogens is 481 g/mol. The van der Waals surface area contributed by atoms with Crippen LogP contribution in [-0.4, -0.2) is 54.8 Å². The molecule has 1 heterocycles. The predicted octanol–water partition coefficient (Wildman–Crippen LogP) is 6.31. The van der Waals surface area contributed by atoms with Gasteiger partial charge in [-0.1, -0.05) is 38.4 Å². The number of allylic oxidation sites excluding steroid dienone is 1. The number of amides is 1. The van der Waals surface area contributed by atoms with Crippen molar-refractivity contribution in [2.24, 2.45) is 45.1 Å². The van der Waals surface area contributed by atoms with Gasteiger partial charge in [-0.2, -0.15) is 0 Å². The highest BCUT2D eigenvalue weighted by Crippen LogP contribution is 2.66. The average Bonchev–Trinajstić information content (AvgIpc) is 3.40. The minimum absolute atomic E-state index is 0.0269. The van der Waals surface area contributed by atoms with Crippen molar-refractivity contribution in [1.82, 2.24) is 10.2 Å². The molecule has 1 unspecified atom stereocenters. The number of fused-ring (bicyclic) bond motifs is 5. The monoisotopic (exact) mass is 529 g/mol. The number of carbonyl (C=O) groups excluding carboxylic acids is 2. The van der Waals surface area contributed by atoms with Gasteiger partial charge >= 0.3 is 6.09 Å². The fourth-order valence-corrected chi connectivity index (χ4v) is 9.46. The van der Waals surface area contributed by atoms with E-state index in [4.69, 9.17) is 4.84 Å². The molecule has 7 atom stereocenters. The number of carbonyl (C=O) groups is 2. The molecule has 4 fully saturated rings. The van der Waals surface area contributed by atoms with Crippen molar-refractivity contribution in [3.63, 3.8) is 0 Å². The van der Waals surface area contributed by atoms with E-state index in [2.05, 4.69) is 38.2 Å². The number of hydrogen-bond donors (Lipinski definition) is 1. The summed E-state index contributed by atoms with van der Waals surface area (Å²) in [7, 11) is 0. The molecule has 1 saturated heterocycles. The van der Waals surface area contributed by atoms with Gasteiger partial charge < -0.3 is 10.2 Å². The van der Waals surface area contributed by atoms with E-state index in [9.17, 15) is 14.0 Å².